The fourth-order valence-electron chi connectivity index (χ4n) is 1.77. The van der Waals surface area contributed by atoms with E-state index in [1.54, 1.807) is 17.5 Å². The summed E-state index contributed by atoms with van der Waals surface area (Å²) < 4.78 is 1.16. The third-order valence-electron chi connectivity index (χ3n) is 2.50. The fraction of sp³-hybridized carbons (Fsp3) is 0.375. The Kier molecular flexibility index (Phi) is 7.12. The van der Waals surface area contributed by atoms with Crippen molar-refractivity contribution < 1.29 is 5.11 Å². The molecule has 0 fully saturated rings. The Hall–Kier alpha value is -1.52. The van der Waals surface area contributed by atoms with Crippen LogP contribution < -0.4 is 0 Å². The molecule has 0 aliphatic carbocycles. The summed E-state index contributed by atoms with van der Waals surface area (Å²) in [6.07, 6.45) is 2.42. The van der Waals surface area contributed by atoms with E-state index >= 15 is 0 Å². The molecule has 1 N–H and O–H groups in total. The summed E-state index contributed by atoms with van der Waals surface area (Å²) in [5, 5.41) is 11.0. The second-order valence-electron chi connectivity index (χ2n) is 3.57. The lowest BCUT2D eigenvalue weighted by Gasteiger charge is -1.95. The molecule has 0 atom stereocenters. The average Bonchev–Trinajstić information content (AvgIpc) is 2.95. The second-order valence-corrected chi connectivity index (χ2v) is 4.65. The normalized spacial score (nSPS) is 9.65. The summed E-state index contributed by atoms with van der Waals surface area (Å²) in [5.74, 6) is 0. The van der Waals surface area contributed by atoms with E-state index in [2.05, 4.69) is 16.0 Å². The number of benzene rings is 1. The summed E-state index contributed by atoms with van der Waals surface area (Å²) in [4.78, 5) is 8.81. The highest BCUT2D eigenvalue weighted by Crippen LogP contribution is 2.28. The molecule has 3 aromatic rings. The molecule has 0 aliphatic heterocycles. The van der Waals surface area contributed by atoms with Gasteiger partial charge in [-0.3, -0.25) is 4.98 Å². The van der Waals surface area contributed by atoms with Crippen molar-refractivity contribution in [2.24, 2.45) is 0 Å². The Balaban J connectivity index is 0.000000461. The number of pyridine rings is 1. The maximum atomic E-state index is 8.91. The van der Waals surface area contributed by atoms with Crippen molar-refractivity contribution in [3.8, 4) is 0 Å². The van der Waals surface area contributed by atoms with Gasteiger partial charge in [0.15, 0.2) is 0 Å². The second kappa shape index (κ2) is 8.61. The molecule has 0 aliphatic rings. The summed E-state index contributed by atoms with van der Waals surface area (Å²) in [6, 6.07) is 8.05. The first-order valence-electron chi connectivity index (χ1n) is 7.12. The minimum absolute atomic E-state index is 0.144. The van der Waals surface area contributed by atoms with Crippen LogP contribution in [0.3, 0.4) is 0 Å². The molecule has 1 aromatic carbocycles. The molecule has 0 saturated carbocycles. The SMILES string of the molecule is CC.CC.OCCc1nc2cnc3ccccc3c2s1. The number of nitrogens with zero attached hydrogens (tertiary/aromatic N) is 2. The van der Waals surface area contributed by atoms with Gasteiger partial charge in [0.05, 0.1) is 21.4 Å². The zero-order chi connectivity index (χ0) is 15.0. The van der Waals surface area contributed by atoms with Crippen LogP contribution in [0.25, 0.3) is 21.1 Å². The number of hydrogen-bond acceptors (Lipinski definition) is 4. The molecule has 0 spiro atoms. The van der Waals surface area contributed by atoms with Crippen LogP contribution in [0.4, 0.5) is 0 Å². The van der Waals surface area contributed by atoms with Gasteiger partial charge in [0.1, 0.15) is 5.52 Å². The van der Waals surface area contributed by atoms with E-state index in [0.717, 1.165) is 26.1 Å². The van der Waals surface area contributed by atoms with Gasteiger partial charge in [0, 0.05) is 18.4 Å². The third kappa shape index (κ3) is 3.52. The molecule has 0 saturated heterocycles. The Morgan fingerprint density at radius 2 is 1.75 bits per heavy atom. The number of rotatable bonds is 2. The number of aliphatic hydroxyl groups is 1. The van der Waals surface area contributed by atoms with E-state index in [0.29, 0.717) is 6.42 Å². The van der Waals surface area contributed by atoms with E-state index < -0.39 is 0 Å². The van der Waals surface area contributed by atoms with Crippen molar-refractivity contribution >= 4 is 32.5 Å². The summed E-state index contributed by atoms with van der Waals surface area (Å²) in [5.41, 5.74) is 1.92. The van der Waals surface area contributed by atoms with Crippen molar-refractivity contribution in [1.29, 1.82) is 0 Å². The van der Waals surface area contributed by atoms with Gasteiger partial charge in [-0.25, -0.2) is 4.98 Å². The van der Waals surface area contributed by atoms with Gasteiger partial charge in [-0.05, 0) is 6.07 Å². The van der Waals surface area contributed by atoms with Gasteiger partial charge in [-0.2, -0.15) is 0 Å². The average molecular weight is 290 g/mol. The Bertz CT molecular complexity index is 649. The highest BCUT2D eigenvalue weighted by atomic mass is 32.1. The molecule has 3 rings (SSSR count). The van der Waals surface area contributed by atoms with Crippen LogP contribution in [0.1, 0.15) is 32.7 Å². The quantitative estimate of drug-likeness (QED) is 0.759. The number of hydrogen-bond donors (Lipinski definition) is 1. The first kappa shape index (κ1) is 16.5. The van der Waals surface area contributed by atoms with Gasteiger partial charge in [-0.15, -0.1) is 11.3 Å². The molecule has 0 unspecified atom stereocenters. The number of fused-ring (bicyclic) bond motifs is 3. The van der Waals surface area contributed by atoms with Gasteiger partial charge >= 0.3 is 0 Å². The zero-order valence-corrected chi connectivity index (χ0v) is 13.4. The predicted octanol–water partition coefficient (Wildman–Crippen LogP) is 4.43. The third-order valence-corrected chi connectivity index (χ3v) is 3.66. The lowest BCUT2D eigenvalue weighted by molar-refractivity contribution is 0.299. The molecule has 108 valence electrons. The first-order valence-corrected chi connectivity index (χ1v) is 7.94. The number of para-hydroxylation sites is 1. The largest absolute Gasteiger partial charge is 0.396 e. The zero-order valence-electron chi connectivity index (χ0n) is 12.6. The predicted molar refractivity (Wildman–Crippen MR) is 88.4 cm³/mol. The molecule has 20 heavy (non-hydrogen) atoms. The van der Waals surface area contributed by atoms with Crippen molar-refractivity contribution in [3.63, 3.8) is 0 Å². The van der Waals surface area contributed by atoms with Crippen LogP contribution in [-0.4, -0.2) is 21.7 Å². The van der Waals surface area contributed by atoms with Crippen LogP contribution in [0.5, 0.6) is 0 Å². The van der Waals surface area contributed by atoms with E-state index in [9.17, 15) is 0 Å². The minimum atomic E-state index is 0.144. The number of thiazole rings is 1. The molecule has 0 amide bonds. The summed E-state index contributed by atoms with van der Waals surface area (Å²) in [7, 11) is 0. The van der Waals surface area contributed by atoms with Crippen molar-refractivity contribution in [1.82, 2.24) is 9.97 Å². The first-order chi connectivity index (χ1) is 9.88. The fourth-order valence-corrected chi connectivity index (χ4v) is 2.83. The smallest absolute Gasteiger partial charge is 0.100 e. The van der Waals surface area contributed by atoms with Gasteiger partial charge in [0.2, 0.25) is 0 Å². The molecular formula is C16H22N2OS. The van der Waals surface area contributed by atoms with Crippen LogP contribution in [0, 0.1) is 0 Å². The minimum Gasteiger partial charge on any atom is -0.396 e. The maximum absolute atomic E-state index is 8.91. The van der Waals surface area contributed by atoms with Crippen LogP contribution in [0.2, 0.25) is 0 Å². The van der Waals surface area contributed by atoms with Crippen LogP contribution in [-0.2, 0) is 6.42 Å². The van der Waals surface area contributed by atoms with Gasteiger partial charge in [0.25, 0.3) is 0 Å². The van der Waals surface area contributed by atoms with Gasteiger partial charge in [-0.1, -0.05) is 45.9 Å². The topological polar surface area (TPSA) is 46.0 Å². The number of aromatic nitrogens is 2. The van der Waals surface area contributed by atoms with Crippen molar-refractivity contribution in [3.05, 3.63) is 35.5 Å². The van der Waals surface area contributed by atoms with E-state index in [1.807, 2.05) is 45.9 Å². The van der Waals surface area contributed by atoms with Crippen molar-refractivity contribution in [2.75, 3.05) is 6.61 Å². The highest BCUT2D eigenvalue weighted by molar-refractivity contribution is 7.19. The molecule has 4 heteroatoms. The van der Waals surface area contributed by atoms with Crippen molar-refractivity contribution in [2.45, 2.75) is 34.1 Å². The number of aliphatic hydroxyl groups excluding tert-OH is 1. The highest BCUT2D eigenvalue weighted by Gasteiger charge is 2.07. The Morgan fingerprint density at radius 1 is 1.05 bits per heavy atom. The molecule has 0 bridgehead atoms. The van der Waals surface area contributed by atoms with Crippen LogP contribution in [0.15, 0.2) is 30.5 Å². The lowest BCUT2D eigenvalue weighted by Crippen LogP contribution is -1.87. The monoisotopic (exact) mass is 290 g/mol. The lowest BCUT2D eigenvalue weighted by atomic mass is 10.2. The molecule has 3 nitrogen and oxygen atoms in total. The molecular weight excluding hydrogens is 268 g/mol. The van der Waals surface area contributed by atoms with Gasteiger partial charge < -0.3 is 5.11 Å². The standard InChI is InChI=1S/C12H10N2OS.2C2H6/c15-6-5-11-14-10-7-13-9-4-2-1-3-8(9)12(10)16-11;2*1-2/h1-4,7,15H,5-6H2;2*1-2H3. The van der Waals surface area contributed by atoms with E-state index in [-0.39, 0.29) is 6.61 Å². The Morgan fingerprint density at radius 3 is 2.45 bits per heavy atom. The molecule has 2 heterocycles. The summed E-state index contributed by atoms with van der Waals surface area (Å²) >= 11 is 1.64. The van der Waals surface area contributed by atoms with E-state index in [1.165, 1.54) is 0 Å². The summed E-state index contributed by atoms with van der Waals surface area (Å²) in [6.45, 7) is 8.14. The maximum Gasteiger partial charge on any atom is 0.100 e. The molecule has 0 radical (unpaired) electrons. The Labute approximate surface area is 124 Å². The molecule has 2 aromatic heterocycles. The van der Waals surface area contributed by atoms with E-state index in [4.69, 9.17) is 5.11 Å². The van der Waals surface area contributed by atoms with Crippen LogP contribution >= 0.6 is 11.3 Å².